The molecule has 118 valence electrons. The third-order valence-electron chi connectivity index (χ3n) is 3.44. The number of nitriles is 1. The van der Waals surface area contributed by atoms with Gasteiger partial charge in [0.25, 0.3) is 5.91 Å². The Balaban J connectivity index is 2.11. The van der Waals surface area contributed by atoms with Gasteiger partial charge in [-0.1, -0.05) is 42.5 Å². The van der Waals surface area contributed by atoms with Gasteiger partial charge >= 0.3 is 0 Å². The molecule has 0 unspecified atom stereocenters. The lowest BCUT2D eigenvalue weighted by atomic mass is 10.0. The number of rotatable bonds is 7. The predicted molar refractivity (Wildman–Crippen MR) is 91.7 cm³/mol. The minimum atomic E-state index is -0.350. The molecule has 0 saturated heterocycles. The standard InChI is InChI=1S/C19H20N2O2/c1-2-23-12-6-11-21-19(22)17(14-20)13-16-9-5-8-15-7-3-4-10-18(15)16/h3-5,7-10,13H,2,6,11-12H2,1H3,(H,21,22)/b17-13+. The molecule has 0 aliphatic rings. The maximum atomic E-state index is 12.1. The normalized spacial score (nSPS) is 11.2. The first-order chi connectivity index (χ1) is 11.3. The topological polar surface area (TPSA) is 62.1 Å². The van der Waals surface area contributed by atoms with E-state index in [-0.39, 0.29) is 11.5 Å². The lowest BCUT2D eigenvalue weighted by Crippen LogP contribution is -2.26. The van der Waals surface area contributed by atoms with E-state index in [0.29, 0.717) is 19.8 Å². The summed E-state index contributed by atoms with van der Waals surface area (Å²) in [5.41, 5.74) is 0.974. The number of nitrogens with zero attached hydrogens (tertiary/aromatic N) is 1. The summed E-state index contributed by atoms with van der Waals surface area (Å²) < 4.78 is 5.22. The summed E-state index contributed by atoms with van der Waals surface area (Å²) in [5, 5.41) is 14.1. The van der Waals surface area contributed by atoms with Crippen molar-refractivity contribution in [3.05, 3.63) is 53.6 Å². The third-order valence-corrected chi connectivity index (χ3v) is 3.44. The molecule has 2 rings (SSSR count). The van der Waals surface area contributed by atoms with Crippen molar-refractivity contribution in [3.8, 4) is 6.07 Å². The van der Waals surface area contributed by atoms with E-state index in [1.165, 1.54) is 0 Å². The Labute approximate surface area is 136 Å². The number of hydrogen-bond acceptors (Lipinski definition) is 3. The molecule has 0 atom stereocenters. The molecule has 0 bridgehead atoms. The molecule has 0 aliphatic carbocycles. The van der Waals surface area contributed by atoms with Crippen LogP contribution in [0.5, 0.6) is 0 Å². The van der Waals surface area contributed by atoms with E-state index in [9.17, 15) is 10.1 Å². The molecule has 0 spiro atoms. The van der Waals surface area contributed by atoms with Crippen molar-refractivity contribution in [3.63, 3.8) is 0 Å². The highest BCUT2D eigenvalue weighted by atomic mass is 16.5. The zero-order valence-electron chi connectivity index (χ0n) is 13.2. The summed E-state index contributed by atoms with van der Waals surface area (Å²) in [5.74, 6) is -0.350. The van der Waals surface area contributed by atoms with Crippen LogP contribution in [0.25, 0.3) is 16.8 Å². The Kier molecular flexibility index (Phi) is 6.34. The second kappa shape index (κ2) is 8.72. The maximum absolute atomic E-state index is 12.1. The third kappa shape index (κ3) is 4.67. The van der Waals surface area contributed by atoms with Gasteiger partial charge in [-0.25, -0.2) is 0 Å². The molecule has 4 nitrogen and oxygen atoms in total. The van der Waals surface area contributed by atoms with Gasteiger partial charge in [-0.05, 0) is 35.8 Å². The van der Waals surface area contributed by atoms with Crippen molar-refractivity contribution in [1.29, 1.82) is 5.26 Å². The summed E-state index contributed by atoms with van der Waals surface area (Å²) in [6, 6.07) is 15.7. The first-order valence-corrected chi connectivity index (χ1v) is 7.71. The van der Waals surface area contributed by atoms with Crippen molar-refractivity contribution in [1.82, 2.24) is 5.32 Å². The van der Waals surface area contributed by atoms with Gasteiger partial charge in [0.15, 0.2) is 0 Å². The van der Waals surface area contributed by atoms with Gasteiger partial charge < -0.3 is 10.1 Å². The number of benzene rings is 2. The van der Waals surface area contributed by atoms with E-state index in [1.54, 1.807) is 6.08 Å². The number of hydrogen-bond donors (Lipinski definition) is 1. The summed E-state index contributed by atoms with van der Waals surface area (Å²) >= 11 is 0. The molecule has 0 heterocycles. The highest BCUT2D eigenvalue weighted by Gasteiger charge is 2.09. The molecule has 1 amide bonds. The zero-order chi connectivity index (χ0) is 16.5. The van der Waals surface area contributed by atoms with Crippen LogP contribution in [0.1, 0.15) is 18.9 Å². The van der Waals surface area contributed by atoms with Crippen LogP contribution < -0.4 is 5.32 Å². The fourth-order valence-corrected chi connectivity index (χ4v) is 2.30. The van der Waals surface area contributed by atoms with E-state index in [0.717, 1.165) is 22.8 Å². The monoisotopic (exact) mass is 308 g/mol. The first-order valence-electron chi connectivity index (χ1n) is 7.71. The molecule has 2 aromatic rings. The second-order valence-corrected chi connectivity index (χ2v) is 5.04. The smallest absolute Gasteiger partial charge is 0.261 e. The fourth-order valence-electron chi connectivity index (χ4n) is 2.30. The van der Waals surface area contributed by atoms with Crippen LogP contribution in [-0.2, 0) is 9.53 Å². The SMILES string of the molecule is CCOCCCNC(=O)/C(C#N)=C/c1cccc2ccccc12. The molecule has 0 radical (unpaired) electrons. The van der Waals surface area contributed by atoms with Crippen molar-refractivity contribution < 1.29 is 9.53 Å². The van der Waals surface area contributed by atoms with Crippen LogP contribution in [0, 0.1) is 11.3 Å². The summed E-state index contributed by atoms with van der Waals surface area (Å²) in [7, 11) is 0. The van der Waals surface area contributed by atoms with Gasteiger partial charge in [0.2, 0.25) is 0 Å². The molecule has 23 heavy (non-hydrogen) atoms. The molecular weight excluding hydrogens is 288 g/mol. The van der Waals surface area contributed by atoms with Crippen LogP contribution in [0.3, 0.4) is 0 Å². The number of fused-ring (bicyclic) bond motifs is 1. The van der Waals surface area contributed by atoms with Crippen molar-refractivity contribution in [2.45, 2.75) is 13.3 Å². The van der Waals surface area contributed by atoms with Crippen molar-refractivity contribution in [2.24, 2.45) is 0 Å². The highest BCUT2D eigenvalue weighted by Crippen LogP contribution is 2.20. The minimum absolute atomic E-state index is 0.109. The van der Waals surface area contributed by atoms with Gasteiger partial charge in [-0.2, -0.15) is 5.26 Å². The van der Waals surface area contributed by atoms with E-state index < -0.39 is 0 Å². The van der Waals surface area contributed by atoms with Crippen LogP contribution >= 0.6 is 0 Å². The average molecular weight is 308 g/mol. The molecule has 4 heteroatoms. The highest BCUT2D eigenvalue weighted by molar-refractivity contribution is 6.04. The van der Waals surface area contributed by atoms with E-state index in [1.807, 2.05) is 55.5 Å². The fraction of sp³-hybridized carbons (Fsp3) is 0.263. The summed E-state index contributed by atoms with van der Waals surface area (Å²) in [6.07, 6.45) is 2.37. The Bertz CT molecular complexity index is 739. The number of carbonyl (C=O) groups excluding carboxylic acids is 1. The number of carbonyl (C=O) groups is 1. The molecule has 0 aromatic heterocycles. The lowest BCUT2D eigenvalue weighted by Gasteiger charge is -2.06. The first kappa shape index (κ1) is 16.7. The molecular formula is C19H20N2O2. The number of ether oxygens (including phenoxy) is 1. The Hall–Kier alpha value is -2.64. The van der Waals surface area contributed by atoms with Gasteiger partial charge in [0.1, 0.15) is 11.6 Å². The van der Waals surface area contributed by atoms with E-state index in [2.05, 4.69) is 5.32 Å². The van der Waals surface area contributed by atoms with Crippen molar-refractivity contribution >= 4 is 22.8 Å². The van der Waals surface area contributed by atoms with E-state index in [4.69, 9.17) is 4.74 Å². The average Bonchev–Trinajstić information content (AvgIpc) is 2.59. The van der Waals surface area contributed by atoms with Gasteiger partial charge in [-0.3, -0.25) is 4.79 Å². The maximum Gasteiger partial charge on any atom is 0.261 e. The predicted octanol–water partition coefficient (Wildman–Crippen LogP) is 3.29. The van der Waals surface area contributed by atoms with Crippen LogP contribution in [0.4, 0.5) is 0 Å². The molecule has 0 fully saturated rings. The van der Waals surface area contributed by atoms with Crippen LogP contribution in [0.15, 0.2) is 48.0 Å². The zero-order valence-corrected chi connectivity index (χ0v) is 13.2. The van der Waals surface area contributed by atoms with Gasteiger partial charge in [0.05, 0.1) is 0 Å². The van der Waals surface area contributed by atoms with Gasteiger partial charge in [0, 0.05) is 19.8 Å². The Morgan fingerprint density at radius 3 is 2.83 bits per heavy atom. The molecule has 0 aliphatic heterocycles. The molecule has 2 aromatic carbocycles. The Morgan fingerprint density at radius 1 is 1.26 bits per heavy atom. The molecule has 1 N–H and O–H groups in total. The van der Waals surface area contributed by atoms with Crippen LogP contribution in [-0.4, -0.2) is 25.7 Å². The number of amides is 1. The number of nitrogens with one attached hydrogen (secondary N) is 1. The van der Waals surface area contributed by atoms with Gasteiger partial charge in [-0.15, -0.1) is 0 Å². The Morgan fingerprint density at radius 2 is 2.04 bits per heavy atom. The van der Waals surface area contributed by atoms with Crippen molar-refractivity contribution in [2.75, 3.05) is 19.8 Å². The quantitative estimate of drug-likeness (QED) is 0.485. The molecule has 0 saturated carbocycles. The van der Waals surface area contributed by atoms with Crippen LogP contribution in [0.2, 0.25) is 0 Å². The second-order valence-electron chi connectivity index (χ2n) is 5.04. The summed E-state index contributed by atoms with van der Waals surface area (Å²) in [6.45, 7) is 3.69. The lowest BCUT2D eigenvalue weighted by molar-refractivity contribution is -0.117. The van der Waals surface area contributed by atoms with E-state index >= 15 is 0 Å². The largest absolute Gasteiger partial charge is 0.382 e. The summed E-state index contributed by atoms with van der Waals surface area (Å²) in [4.78, 5) is 12.1. The minimum Gasteiger partial charge on any atom is -0.382 e.